The Balaban J connectivity index is 1.57. The van der Waals surface area contributed by atoms with E-state index in [-0.39, 0.29) is 22.1 Å². The molecule has 0 N–H and O–H groups in total. The fourth-order valence-electron chi connectivity index (χ4n) is 8.61. The number of carbonyl (C=O) groups is 2. The minimum Gasteiger partial charge on any atom is -0.469 e. The average Bonchev–Trinajstić information content (AvgIpc) is 3.06. The third-order valence-electron chi connectivity index (χ3n) is 10.2. The molecule has 0 unspecified atom stereocenters. The van der Waals surface area contributed by atoms with E-state index in [0.29, 0.717) is 47.2 Å². The molecular weight excluding hydrogens is 428 g/mol. The fourth-order valence-corrected chi connectivity index (χ4v) is 9.78. The van der Waals surface area contributed by atoms with E-state index in [9.17, 15) is 9.59 Å². The normalized spacial score (nSPS) is 47.7. The minimum atomic E-state index is -0.0962. The van der Waals surface area contributed by atoms with Crippen molar-refractivity contribution < 1.29 is 14.3 Å². The number of methoxy groups -OCH3 is 1. The van der Waals surface area contributed by atoms with Crippen LogP contribution in [0, 0.1) is 46.3 Å². The lowest BCUT2D eigenvalue weighted by atomic mass is 9.44. The Morgan fingerprint density at radius 2 is 1.79 bits per heavy atom. The Kier molecular flexibility index (Phi) is 5.99. The van der Waals surface area contributed by atoms with Crippen molar-refractivity contribution in [1.29, 1.82) is 0 Å². The number of carbonyl (C=O) groups excluding carboxylic acids is 2. The molecule has 9 atom stereocenters. The molecule has 4 aliphatic carbocycles. The Bertz CT molecular complexity index is 662. The van der Waals surface area contributed by atoms with Crippen LogP contribution in [0.1, 0.15) is 85.0 Å². The van der Waals surface area contributed by atoms with Crippen LogP contribution in [0.4, 0.5) is 0 Å². The number of ketones is 1. The number of hydrogen-bond donors (Lipinski definition) is 0. The summed E-state index contributed by atoms with van der Waals surface area (Å²) < 4.78 is 4.86. The summed E-state index contributed by atoms with van der Waals surface area (Å²) in [5.41, 5.74) is 0.581. The highest BCUT2D eigenvalue weighted by atomic mass is 79.9. The Morgan fingerprint density at radius 1 is 1.07 bits per heavy atom. The van der Waals surface area contributed by atoms with Crippen LogP contribution in [-0.2, 0) is 14.3 Å². The largest absolute Gasteiger partial charge is 0.469 e. The van der Waals surface area contributed by atoms with Crippen molar-refractivity contribution in [1.82, 2.24) is 0 Å². The molecule has 164 valence electrons. The zero-order valence-electron chi connectivity index (χ0n) is 18.7. The third-order valence-corrected chi connectivity index (χ3v) is 11.3. The van der Waals surface area contributed by atoms with E-state index in [4.69, 9.17) is 4.74 Å². The second-order valence-corrected chi connectivity index (χ2v) is 12.2. The molecule has 3 nitrogen and oxygen atoms in total. The number of Topliss-reactive ketones (excluding diaryl/α,β-unsaturated/α-hetero) is 1. The topological polar surface area (TPSA) is 43.4 Å². The standard InChI is InChI=1S/C25H39BrO3/c1-15(8-11-20(27)29-4)16-9-10-17-21-18(12-14-25(16,17)3)24(2)13-6-5-7-19(24)22(26)23(21)28/h15-19,21-22H,5-14H2,1-4H3/t15-,16+,17+,18+,19-,21+,22+,24+,25+/m0/s1. The number of alkyl halides is 1. The van der Waals surface area contributed by atoms with Gasteiger partial charge < -0.3 is 4.74 Å². The fraction of sp³-hybridized carbons (Fsp3) is 0.920. The summed E-state index contributed by atoms with van der Waals surface area (Å²) in [5.74, 6) is 3.45. The summed E-state index contributed by atoms with van der Waals surface area (Å²) in [6, 6.07) is 0. The molecule has 4 rings (SSSR count). The molecule has 4 aliphatic rings. The molecule has 0 amide bonds. The number of halogens is 1. The molecule has 4 saturated carbocycles. The number of fused-ring (bicyclic) bond motifs is 5. The van der Waals surface area contributed by atoms with Crippen molar-refractivity contribution in [2.24, 2.45) is 46.3 Å². The van der Waals surface area contributed by atoms with Crippen LogP contribution in [0.25, 0.3) is 0 Å². The van der Waals surface area contributed by atoms with E-state index >= 15 is 0 Å². The van der Waals surface area contributed by atoms with Gasteiger partial charge in [-0.2, -0.15) is 0 Å². The Morgan fingerprint density at radius 3 is 2.52 bits per heavy atom. The molecule has 0 spiro atoms. The molecule has 0 aromatic heterocycles. The molecule has 0 aromatic rings. The second kappa shape index (κ2) is 7.95. The van der Waals surface area contributed by atoms with Crippen LogP contribution in [0.15, 0.2) is 0 Å². The minimum absolute atomic E-state index is 0.0622. The Labute approximate surface area is 185 Å². The average molecular weight is 467 g/mol. The molecule has 0 bridgehead atoms. The SMILES string of the molecule is COC(=O)CC[C@H](C)[C@H]1CC[C@@H]2[C@H]3C(=O)[C@H](Br)[C@@H]4CCCC[C@]4(C)[C@@H]3CC[C@@]21C. The van der Waals surface area contributed by atoms with Gasteiger partial charge in [0.1, 0.15) is 5.78 Å². The smallest absolute Gasteiger partial charge is 0.305 e. The molecule has 4 heteroatoms. The Hall–Kier alpha value is -0.380. The van der Waals surface area contributed by atoms with Crippen molar-refractivity contribution in [2.75, 3.05) is 7.11 Å². The van der Waals surface area contributed by atoms with E-state index in [1.54, 1.807) is 0 Å². The van der Waals surface area contributed by atoms with E-state index in [1.165, 1.54) is 58.5 Å². The zero-order valence-corrected chi connectivity index (χ0v) is 20.3. The van der Waals surface area contributed by atoms with Gasteiger partial charge >= 0.3 is 5.97 Å². The van der Waals surface area contributed by atoms with Gasteiger partial charge in [-0.15, -0.1) is 0 Å². The first-order valence-electron chi connectivity index (χ1n) is 12.0. The predicted molar refractivity (Wildman–Crippen MR) is 119 cm³/mol. The van der Waals surface area contributed by atoms with Gasteiger partial charge in [-0.25, -0.2) is 0 Å². The van der Waals surface area contributed by atoms with Gasteiger partial charge in [0.2, 0.25) is 0 Å². The lowest BCUT2D eigenvalue weighted by Gasteiger charge is -2.61. The zero-order chi connectivity index (χ0) is 21.0. The van der Waals surface area contributed by atoms with Crippen LogP contribution in [0.2, 0.25) is 0 Å². The summed E-state index contributed by atoms with van der Waals surface area (Å²) in [6.07, 6.45) is 11.4. The van der Waals surface area contributed by atoms with Gasteiger partial charge in [0.15, 0.2) is 0 Å². The molecule has 29 heavy (non-hydrogen) atoms. The van der Waals surface area contributed by atoms with Crippen LogP contribution in [-0.4, -0.2) is 23.7 Å². The van der Waals surface area contributed by atoms with Crippen molar-refractivity contribution >= 4 is 27.7 Å². The van der Waals surface area contributed by atoms with E-state index in [2.05, 4.69) is 36.7 Å². The summed E-state index contributed by atoms with van der Waals surface area (Å²) in [5, 5.41) is 0. The highest BCUT2D eigenvalue weighted by molar-refractivity contribution is 9.10. The number of esters is 1. The van der Waals surface area contributed by atoms with Crippen LogP contribution < -0.4 is 0 Å². The van der Waals surface area contributed by atoms with Crippen molar-refractivity contribution in [3.05, 3.63) is 0 Å². The molecule has 0 radical (unpaired) electrons. The van der Waals surface area contributed by atoms with Gasteiger partial charge in [0.25, 0.3) is 0 Å². The summed E-state index contributed by atoms with van der Waals surface area (Å²) in [4.78, 5) is 25.4. The quantitative estimate of drug-likeness (QED) is 0.367. The van der Waals surface area contributed by atoms with Gasteiger partial charge in [0.05, 0.1) is 11.9 Å². The summed E-state index contributed by atoms with van der Waals surface area (Å²) in [6.45, 7) is 7.32. The number of hydrogen-bond acceptors (Lipinski definition) is 3. The number of ether oxygens (including phenoxy) is 1. The van der Waals surface area contributed by atoms with E-state index in [1.807, 2.05) is 0 Å². The maximum absolute atomic E-state index is 13.7. The maximum Gasteiger partial charge on any atom is 0.305 e. The highest BCUT2D eigenvalue weighted by Crippen LogP contribution is 2.68. The van der Waals surface area contributed by atoms with Gasteiger partial charge in [0, 0.05) is 12.3 Å². The van der Waals surface area contributed by atoms with Crippen LogP contribution >= 0.6 is 15.9 Å². The monoisotopic (exact) mass is 466 g/mol. The van der Waals surface area contributed by atoms with Crippen molar-refractivity contribution in [3.8, 4) is 0 Å². The second-order valence-electron chi connectivity index (χ2n) is 11.2. The molecular formula is C25H39BrO3. The highest BCUT2D eigenvalue weighted by Gasteiger charge is 2.64. The van der Waals surface area contributed by atoms with Crippen LogP contribution in [0.5, 0.6) is 0 Å². The molecule has 0 aliphatic heterocycles. The lowest BCUT2D eigenvalue weighted by Crippen LogP contribution is -2.60. The van der Waals surface area contributed by atoms with Crippen molar-refractivity contribution in [2.45, 2.75) is 89.8 Å². The van der Waals surface area contributed by atoms with Gasteiger partial charge in [-0.3, -0.25) is 9.59 Å². The lowest BCUT2D eigenvalue weighted by molar-refractivity contribution is -0.154. The molecule has 4 fully saturated rings. The van der Waals surface area contributed by atoms with Crippen molar-refractivity contribution in [3.63, 3.8) is 0 Å². The maximum atomic E-state index is 13.7. The van der Waals surface area contributed by atoms with Gasteiger partial charge in [-0.1, -0.05) is 49.5 Å². The van der Waals surface area contributed by atoms with E-state index in [0.717, 1.165) is 6.42 Å². The number of rotatable bonds is 4. The first kappa shape index (κ1) is 21.8. The van der Waals surface area contributed by atoms with Gasteiger partial charge in [-0.05, 0) is 85.4 Å². The third kappa shape index (κ3) is 3.34. The first-order chi connectivity index (χ1) is 13.7. The predicted octanol–water partition coefficient (Wildman–Crippen LogP) is 6.18. The summed E-state index contributed by atoms with van der Waals surface area (Å²) in [7, 11) is 1.48. The first-order valence-corrected chi connectivity index (χ1v) is 12.9. The molecule has 0 heterocycles. The molecule has 0 aromatic carbocycles. The van der Waals surface area contributed by atoms with Crippen LogP contribution in [0.3, 0.4) is 0 Å². The molecule has 0 saturated heterocycles. The van der Waals surface area contributed by atoms with E-state index < -0.39 is 0 Å². The summed E-state index contributed by atoms with van der Waals surface area (Å²) >= 11 is 3.90.